The van der Waals surface area contributed by atoms with Gasteiger partial charge in [0.1, 0.15) is 17.3 Å². The zero-order valence-electron chi connectivity index (χ0n) is 18.2. The van der Waals surface area contributed by atoms with Gasteiger partial charge in [0.25, 0.3) is 11.7 Å². The van der Waals surface area contributed by atoms with Gasteiger partial charge < -0.3 is 19.6 Å². The van der Waals surface area contributed by atoms with Crippen LogP contribution < -0.4 is 4.74 Å². The van der Waals surface area contributed by atoms with E-state index in [1.165, 1.54) is 29.2 Å². The Hall–Kier alpha value is -3.19. The number of likely N-dealkylation sites (N-methyl/N-ethyl adjacent to an activating group) is 1. The van der Waals surface area contributed by atoms with Crippen LogP contribution in [0.15, 0.2) is 48.0 Å². The number of aliphatic hydroxyl groups excluding tert-OH is 1. The number of carbonyl (C=O) groups is 2. The van der Waals surface area contributed by atoms with Crippen molar-refractivity contribution in [3.05, 3.63) is 70.5 Å². The topological polar surface area (TPSA) is 70.1 Å². The van der Waals surface area contributed by atoms with Crippen molar-refractivity contribution in [3.8, 4) is 5.75 Å². The lowest BCUT2D eigenvalue weighted by Gasteiger charge is -2.26. The van der Waals surface area contributed by atoms with Gasteiger partial charge in [0, 0.05) is 18.7 Å². The lowest BCUT2D eigenvalue weighted by atomic mass is 9.94. The Kier molecular flexibility index (Phi) is 6.75. The molecule has 2 aromatic rings. The summed E-state index contributed by atoms with van der Waals surface area (Å²) >= 11 is 0. The normalized spacial score (nSPS) is 18.1. The first-order valence-corrected chi connectivity index (χ1v) is 10.2. The van der Waals surface area contributed by atoms with E-state index < -0.39 is 23.5 Å². The number of nitrogens with zero attached hydrogens (tertiary/aromatic N) is 2. The van der Waals surface area contributed by atoms with Crippen LogP contribution in [0.1, 0.15) is 29.7 Å². The van der Waals surface area contributed by atoms with Gasteiger partial charge in [-0.3, -0.25) is 9.59 Å². The standard InChI is InChI=1S/C24H27FN2O4/c1-5-31-19-11-8-17(14-15(19)2)22(28)20-21(16-6-9-18(25)10-7-16)27(13-12-26(3)4)24(30)23(20)29/h6-11,14,21,28H,5,12-13H2,1-4H3. The molecule has 3 rings (SSSR count). The molecule has 1 atom stereocenters. The van der Waals surface area contributed by atoms with Crippen LogP contribution in [0, 0.1) is 12.7 Å². The highest BCUT2D eigenvalue weighted by Gasteiger charge is 2.45. The van der Waals surface area contributed by atoms with Gasteiger partial charge in [0.2, 0.25) is 0 Å². The molecule has 6 nitrogen and oxygen atoms in total. The number of Topliss-reactive ketones (excluding diaryl/α,β-unsaturated/α-hetero) is 1. The first kappa shape index (κ1) is 22.5. The second kappa shape index (κ2) is 9.31. The van der Waals surface area contributed by atoms with Crippen LogP contribution in [0.5, 0.6) is 5.75 Å². The zero-order chi connectivity index (χ0) is 22.7. The number of hydrogen-bond donors (Lipinski definition) is 1. The second-order valence-corrected chi connectivity index (χ2v) is 7.76. The molecule has 0 aromatic heterocycles. The van der Waals surface area contributed by atoms with Crippen molar-refractivity contribution in [2.75, 3.05) is 33.8 Å². The molecule has 7 heteroatoms. The van der Waals surface area contributed by atoms with Gasteiger partial charge in [-0.2, -0.15) is 0 Å². The fraction of sp³-hybridized carbons (Fsp3) is 0.333. The Morgan fingerprint density at radius 2 is 1.84 bits per heavy atom. The molecule has 0 radical (unpaired) electrons. The minimum Gasteiger partial charge on any atom is -0.507 e. The van der Waals surface area contributed by atoms with Gasteiger partial charge in [0.15, 0.2) is 0 Å². The number of benzene rings is 2. The summed E-state index contributed by atoms with van der Waals surface area (Å²) in [6, 6.07) is 9.93. The van der Waals surface area contributed by atoms with E-state index in [1.54, 1.807) is 18.2 Å². The Balaban J connectivity index is 2.12. The predicted octanol–water partition coefficient (Wildman–Crippen LogP) is 3.52. The number of ether oxygens (including phenoxy) is 1. The Morgan fingerprint density at radius 3 is 2.42 bits per heavy atom. The van der Waals surface area contributed by atoms with Crippen molar-refractivity contribution < 1.29 is 23.8 Å². The Morgan fingerprint density at radius 1 is 1.16 bits per heavy atom. The van der Waals surface area contributed by atoms with E-state index in [4.69, 9.17) is 4.74 Å². The summed E-state index contributed by atoms with van der Waals surface area (Å²) in [5.74, 6) is -1.43. The van der Waals surface area contributed by atoms with Gasteiger partial charge in [-0.1, -0.05) is 12.1 Å². The molecule has 1 unspecified atom stereocenters. The molecule has 0 spiro atoms. The molecule has 2 aromatic carbocycles. The van der Waals surface area contributed by atoms with Crippen molar-refractivity contribution in [1.29, 1.82) is 0 Å². The van der Waals surface area contributed by atoms with Gasteiger partial charge in [-0.15, -0.1) is 0 Å². The molecule has 1 fully saturated rings. The maximum absolute atomic E-state index is 13.5. The van der Waals surface area contributed by atoms with Gasteiger partial charge in [-0.25, -0.2) is 4.39 Å². The zero-order valence-corrected chi connectivity index (χ0v) is 18.2. The highest BCUT2D eigenvalue weighted by molar-refractivity contribution is 6.46. The van der Waals surface area contributed by atoms with Crippen molar-refractivity contribution in [3.63, 3.8) is 0 Å². The highest BCUT2D eigenvalue weighted by atomic mass is 19.1. The van der Waals surface area contributed by atoms with Crippen LogP contribution in [0.2, 0.25) is 0 Å². The molecule has 1 N–H and O–H groups in total. The molecular weight excluding hydrogens is 399 g/mol. The molecule has 1 aliphatic heterocycles. The van der Waals surface area contributed by atoms with E-state index in [2.05, 4.69) is 0 Å². The number of amides is 1. The minimum atomic E-state index is -0.799. The summed E-state index contributed by atoms with van der Waals surface area (Å²) in [4.78, 5) is 29.1. The Labute approximate surface area is 181 Å². The van der Waals surface area contributed by atoms with Crippen LogP contribution in [0.25, 0.3) is 5.76 Å². The quantitative estimate of drug-likeness (QED) is 0.417. The number of aryl methyl sites for hydroxylation is 1. The molecular formula is C24H27FN2O4. The largest absolute Gasteiger partial charge is 0.507 e. The number of carbonyl (C=O) groups excluding carboxylic acids is 2. The molecule has 1 heterocycles. The monoisotopic (exact) mass is 426 g/mol. The van der Waals surface area contributed by atoms with Crippen molar-refractivity contribution in [1.82, 2.24) is 9.80 Å². The fourth-order valence-electron chi connectivity index (χ4n) is 3.68. The third-order valence-electron chi connectivity index (χ3n) is 5.26. The minimum absolute atomic E-state index is 0.000996. The average molecular weight is 426 g/mol. The number of rotatable bonds is 7. The van der Waals surface area contributed by atoms with E-state index >= 15 is 0 Å². The number of ketones is 1. The lowest BCUT2D eigenvalue weighted by Crippen LogP contribution is -2.35. The summed E-state index contributed by atoms with van der Waals surface area (Å²) < 4.78 is 19.1. The van der Waals surface area contributed by atoms with Crippen LogP contribution in [0.3, 0.4) is 0 Å². The first-order valence-electron chi connectivity index (χ1n) is 10.2. The fourth-order valence-corrected chi connectivity index (χ4v) is 3.68. The number of likely N-dealkylation sites (tertiary alicyclic amines) is 1. The predicted molar refractivity (Wildman–Crippen MR) is 116 cm³/mol. The first-order chi connectivity index (χ1) is 14.7. The number of halogens is 1. The second-order valence-electron chi connectivity index (χ2n) is 7.76. The number of aliphatic hydroxyl groups is 1. The van der Waals surface area contributed by atoms with Crippen molar-refractivity contribution in [2.45, 2.75) is 19.9 Å². The SMILES string of the molecule is CCOc1ccc(C(O)=C2C(=O)C(=O)N(CCN(C)C)C2c2ccc(F)cc2)cc1C. The molecule has 0 aliphatic carbocycles. The van der Waals surface area contributed by atoms with Crippen LogP contribution in [-0.2, 0) is 9.59 Å². The van der Waals surface area contributed by atoms with Gasteiger partial charge in [-0.05, 0) is 69.4 Å². The number of hydrogen-bond acceptors (Lipinski definition) is 5. The van der Waals surface area contributed by atoms with E-state index in [-0.39, 0.29) is 11.3 Å². The molecule has 1 amide bonds. The van der Waals surface area contributed by atoms with Crippen molar-refractivity contribution >= 4 is 17.4 Å². The van der Waals surface area contributed by atoms with Crippen LogP contribution >= 0.6 is 0 Å². The molecule has 1 saturated heterocycles. The van der Waals surface area contributed by atoms with Crippen LogP contribution in [-0.4, -0.2) is 60.4 Å². The molecule has 0 bridgehead atoms. The van der Waals surface area contributed by atoms with Gasteiger partial charge >= 0.3 is 0 Å². The molecule has 1 aliphatic rings. The maximum atomic E-state index is 13.5. The van der Waals surface area contributed by atoms with E-state index in [1.807, 2.05) is 32.8 Å². The smallest absolute Gasteiger partial charge is 0.295 e. The maximum Gasteiger partial charge on any atom is 0.295 e. The van der Waals surface area contributed by atoms with E-state index in [9.17, 15) is 19.1 Å². The van der Waals surface area contributed by atoms with E-state index in [0.29, 0.717) is 36.6 Å². The summed E-state index contributed by atoms with van der Waals surface area (Å²) in [5, 5.41) is 11.1. The summed E-state index contributed by atoms with van der Waals surface area (Å²) in [6.45, 7) is 5.06. The Bertz CT molecular complexity index is 1010. The highest BCUT2D eigenvalue weighted by Crippen LogP contribution is 2.39. The summed E-state index contributed by atoms with van der Waals surface area (Å²) in [5.41, 5.74) is 1.77. The summed E-state index contributed by atoms with van der Waals surface area (Å²) in [7, 11) is 3.73. The third kappa shape index (κ3) is 4.61. The van der Waals surface area contributed by atoms with Gasteiger partial charge in [0.05, 0.1) is 18.2 Å². The molecule has 0 saturated carbocycles. The molecule has 164 valence electrons. The lowest BCUT2D eigenvalue weighted by molar-refractivity contribution is -0.140. The molecule has 31 heavy (non-hydrogen) atoms. The summed E-state index contributed by atoms with van der Waals surface area (Å²) in [6.07, 6.45) is 0. The van der Waals surface area contributed by atoms with E-state index in [0.717, 1.165) is 5.56 Å². The third-order valence-corrected chi connectivity index (χ3v) is 5.26. The average Bonchev–Trinajstić information content (AvgIpc) is 2.98. The van der Waals surface area contributed by atoms with Crippen molar-refractivity contribution in [2.24, 2.45) is 0 Å². The van der Waals surface area contributed by atoms with Crippen LogP contribution in [0.4, 0.5) is 4.39 Å².